The van der Waals surface area contributed by atoms with E-state index in [1.54, 1.807) is 6.92 Å². The van der Waals surface area contributed by atoms with Gasteiger partial charge >= 0.3 is 0 Å². The average molecular weight is 300 g/mol. The third-order valence-electron chi connectivity index (χ3n) is 3.09. The molecule has 0 spiro atoms. The largest absolute Gasteiger partial charge is 0.395 e. The lowest BCUT2D eigenvalue weighted by molar-refractivity contribution is 0.198. The van der Waals surface area contributed by atoms with Gasteiger partial charge in [0.05, 0.1) is 12.7 Å². The molecular formula is C13H18BrNO2. The van der Waals surface area contributed by atoms with Gasteiger partial charge in [0.25, 0.3) is 0 Å². The summed E-state index contributed by atoms with van der Waals surface area (Å²) in [5.41, 5.74) is 2.01. The van der Waals surface area contributed by atoms with Gasteiger partial charge in [-0.25, -0.2) is 0 Å². The lowest BCUT2D eigenvalue weighted by atomic mass is 10.1. The minimum absolute atomic E-state index is 0.173. The summed E-state index contributed by atoms with van der Waals surface area (Å²) in [6, 6.07) is 6.56. The van der Waals surface area contributed by atoms with Crippen molar-refractivity contribution in [2.24, 2.45) is 0 Å². The van der Waals surface area contributed by atoms with Gasteiger partial charge in [0, 0.05) is 22.7 Å². The fourth-order valence-electron chi connectivity index (χ4n) is 2.05. The van der Waals surface area contributed by atoms with Crippen molar-refractivity contribution in [3.8, 4) is 0 Å². The van der Waals surface area contributed by atoms with Crippen LogP contribution in [0, 0.1) is 0 Å². The molecule has 4 heteroatoms. The number of aliphatic hydroxyl groups excluding tert-OH is 2. The van der Waals surface area contributed by atoms with Crippen LogP contribution in [0.4, 0.5) is 5.69 Å². The summed E-state index contributed by atoms with van der Waals surface area (Å²) in [7, 11) is 0. The van der Waals surface area contributed by atoms with Gasteiger partial charge in [0.2, 0.25) is 0 Å². The molecule has 1 unspecified atom stereocenters. The number of hydrogen-bond acceptors (Lipinski definition) is 3. The SMILES string of the molecule is CC(O)c1ccc(N(CCO)C2CC2)cc1Br. The predicted octanol–water partition coefficient (Wildman–Crippen LogP) is 2.46. The molecule has 0 radical (unpaired) electrons. The van der Waals surface area contributed by atoms with Crippen LogP contribution in [0.1, 0.15) is 31.4 Å². The summed E-state index contributed by atoms with van der Waals surface area (Å²) in [5, 5.41) is 18.7. The van der Waals surface area contributed by atoms with Gasteiger partial charge in [0.1, 0.15) is 0 Å². The molecule has 0 aliphatic heterocycles. The van der Waals surface area contributed by atoms with Crippen molar-refractivity contribution in [1.82, 2.24) is 0 Å². The van der Waals surface area contributed by atoms with E-state index in [9.17, 15) is 5.11 Å². The van der Waals surface area contributed by atoms with E-state index >= 15 is 0 Å². The number of nitrogens with zero attached hydrogens (tertiary/aromatic N) is 1. The first-order chi connectivity index (χ1) is 8.13. The molecule has 1 fully saturated rings. The van der Waals surface area contributed by atoms with E-state index in [0.717, 1.165) is 15.7 Å². The van der Waals surface area contributed by atoms with E-state index in [-0.39, 0.29) is 6.61 Å². The van der Waals surface area contributed by atoms with E-state index in [4.69, 9.17) is 5.11 Å². The van der Waals surface area contributed by atoms with E-state index < -0.39 is 6.10 Å². The van der Waals surface area contributed by atoms with Gasteiger partial charge in [-0.2, -0.15) is 0 Å². The molecule has 1 aromatic rings. The minimum Gasteiger partial charge on any atom is -0.395 e. The van der Waals surface area contributed by atoms with Crippen LogP contribution in [-0.4, -0.2) is 29.4 Å². The fourth-order valence-corrected chi connectivity index (χ4v) is 2.75. The third-order valence-corrected chi connectivity index (χ3v) is 3.78. The maximum Gasteiger partial charge on any atom is 0.0772 e. The number of halogens is 1. The maximum absolute atomic E-state index is 9.58. The van der Waals surface area contributed by atoms with Crippen LogP contribution in [0.2, 0.25) is 0 Å². The zero-order valence-corrected chi connectivity index (χ0v) is 11.5. The zero-order chi connectivity index (χ0) is 12.4. The highest BCUT2D eigenvalue weighted by atomic mass is 79.9. The highest BCUT2D eigenvalue weighted by molar-refractivity contribution is 9.10. The Morgan fingerprint density at radius 1 is 1.47 bits per heavy atom. The summed E-state index contributed by atoms with van der Waals surface area (Å²) >= 11 is 3.49. The van der Waals surface area contributed by atoms with Crippen LogP contribution in [0.25, 0.3) is 0 Å². The van der Waals surface area contributed by atoms with Gasteiger partial charge < -0.3 is 15.1 Å². The van der Waals surface area contributed by atoms with Crippen molar-refractivity contribution >= 4 is 21.6 Å². The lowest BCUT2D eigenvalue weighted by Crippen LogP contribution is -2.28. The molecule has 0 saturated heterocycles. The van der Waals surface area contributed by atoms with E-state index in [2.05, 4.69) is 20.8 Å². The number of hydrogen-bond donors (Lipinski definition) is 2. The Morgan fingerprint density at radius 2 is 2.18 bits per heavy atom. The standard InChI is InChI=1S/C13H18BrNO2/c1-9(17)12-5-4-11(8-13(12)14)15(6-7-16)10-2-3-10/h4-5,8-10,16-17H,2-3,6-7H2,1H3. The molecule has 1 aliphatic rings. The molecule has 1 atom stereocenters. The van der Waals surface area contributed by atoms with Crippen molar-refractivity contribution < 1.29 is 10.2 Å². The topological polar surface area (TPSA) is 43.7 Å². The number of benzene rings is 1. The monoisotopic (exact) mass is 299 g/mol. The Balaban J connectivity index is 2.22. The van der Waals surface area contributed by atoms with E-state index in [0.29, 0.717) is 12.6 Å². The van der Waals surface area contributed by atoms with Gasteiger partial charge in [0.15, 0.2) is 0 Å². The fraction of sp³-hybridized carbons (Fsp3) is 0.538. The van der Waals surface area contributed by atoms with Gasteiger partial charge in [-0.3, -0.25) is 0 Å². The molecule has 1 aromatic carbocycles. The second-order valence-electron chi connectivity index (χ2n) is 4.53. The molecule has 3 nitrogen and oxygen atoms in total. The Labute approximate surface area is 110 Å². The molecule has 2 rings (SSSR count). The van der Waals surface area contributed by atoms with Crippen molar-refractivity contribution in [3.63, 3.8) is 0 Å². The Bertz CT molecular complexity index is 391. The van der Waals surface area contributed by atoms with Gasteiger partial charge in [-0.1, -0.05) is 22.0 Å². The van der Waals surface area contributed by atoms with Crippen LogP contribution >= 0.6 is 15.9 Å². The number of anilines is 1. The molecular weight excluding hydrogens is 282 g/mol. The molecule has 0 aromatic heterocycles. The minimum atomic E-state index is -0.467. The van der Waals surface area contributed by atoms with E-state index in [1.165, 1.54) is 12.8 Å². The van der Waals surface area contributed by atoms with Crippen LogP contribution in [-0.2, 0) is 0 Å². The molecule has 94 valence electrons. The third kappa shape index (κ3) is 3.00. The molecule has 0 bridgehead atoms. The lowest BCUT2D eigenvalue weighted by Gasteiger charge is -2.24. The van der Waals surface area contributed by atoms with Crippen LogP contribution in [0.5, 0.6) is 0 Å². The quantitative estimate of drug-likeness (QED) is 0.878. The highest BCUT2D eigenvalue weighted by Crippen LogP contribution is 2.34. The molecule has 2 N–H and O–H groups in total. The smallest absolute Gasteiger partial charge is 0.0772 e. The summed E-state index contributed by atoms with van der Waals surface area (Å²) in [6.45, 7) is 2.60. The summed E-state index contributed by atoms with van der Waals surface area (Å²) in [6.07, 6.45) is 1.94. The first-order valence-corrected chi connectivity index (χ1v) is 6.77. The van der Waals surface area contributed by atoms with Crippen molar-refractivity contribution in [3.05, 3.63) is 28.2 Å². The number of rotatable bonds is 5. The normalized spacial score (nSPS) is 16.9. The number of aliphatic hydroxyl groups is 2. The average Bonchev–Trinajstić information content (AvgIpc) is 3.09. The molecule has 0 amide bonds. The summed E-state index contributed by atoms with van der Waals surface area (Å²) in [4.78, 5) is 2.23. The van der Waals surface area contributed by atoms with Crippen LogP contribution in [0.3, 0.4) is 0 Å². The van der Waals surface area contributed by atoms with Crippen molar-refractivity contribution in [2.75, 3.05) is 18.1 Å². The Hall–Kier alpha value is -0.580. The molecule has 0 heterocycles. The van der Waals surface area contributed by atoms with Crippen molar-refractivity contribution in [2.45, 2.75) is 31.9 Å². The molecule has 17 heavy (non-hydrogen) atoms. The van der Waals surface area contributed by atoms with Gasteiger partial charge in [-0.05, 0) is 37.5 Å². The Morgan fingerprint density at radius 3 is 2.65 bits per heavy atom. The maximum atomic E-state index is 9.58. The van der Waals surface area contributed by atoms with Crippen molar-refractivity contribution in [1.29, 1.82) is 0 Å². The highest BCUT2D eigenvalue weighted by Gasteiger charge is 2.29. The first kappa shape index (κ1) is 12.9. The first-order valence-electron chi connectivity index (χ1n) is 5.98. The molecule has 1 aliphatic carbocycles. The molecule has 1 saturated carbocycles. The van der Waals surface area contributed by atoms with Gasteiger partial charge in [-0.15, -0.1) is 0 Å². The predicted molar refractivity (Wildman–Crippen MR) is 72.2 cm³/mol. The van der Waals surface area contributed by atoms with Crippen LogP contribution < -0.4 is 4.90 Å². The van der Waals surface area contributed by atoms with Crippen LogP contribution in [0.15, 0.2) is 22.7 Å². The second kappa shape index (κ2) is 5.38. The summed E-state index contributed by atoms with van der Waals surface area (Å²) in [5.74, 6) is 0. The zero-order valence-electron chi connectivity index (χ0n) is 9.93. The second-order valence-corrected chi connectivity index (χ2v) is 5.38. The van der Waals surface area contributed by atoms with E-state index in [1.807, 2.05) is 18.2 Å². The summed E-state index contributed by atoms with van der Waals surface area (Å²) < 4.78 is 0.925. The Kier molecular flexibility index (Phi) is 4.07.